The van der Waals surface area contributed by atoms with E-state index < -0.39 is 29.2 Å². The molecule has 0 radical (unpaired) electrons. The van der Waals surface area contributed by atoms with Crippen molar-refractivity contribution in [1.29, 1.82) is 0 Å². The minimum atomic E-state index is -1.31. The second kappa shape index (κ2) is 6.82. The maximum Gasteiger partial charge on any atom is 0.325 e. The van der Waals surface area contributed by atoms with E-state index in [1.54, 1.807) is 6.92 Å². The van der Waals surface area contributed by atoms with Crippen molar-refractivity contribution in [3.8, 4) is 0 Å². The zero-order valence-corrected chi connectivity index (χ0v) is 15.0. The number of hydrogen-bond donors (Lipinski definition) is 2. The number of nitrogens with zero attached hydrogens (tertiary/aromatic N) is 1. The van der Waals surface area contributed by atoms with E-state index in [9.17, 15) is 18.8 Å². The first-order valence-electron chi connectivity index (χ1n) is 8.26. The van der Waals surface area contributed by atoms with E-state index >= 15 is 0 Å². The lowest BCUT2D eigenvalue weighted by Crippen LogP contribution is -2.44. The van der Waals surface area contributed by atoms with Crippen LogP contribution in [0, 0.1) is 11.2 Å². The zero-order valence-electron chi connectivity index (χ0n) is 15.0. The first-order valence-corrected chi connectivity index (χ1v) is 8.26. The average Bonchev–Trinajstić information content (AvgIpc) is 2.78. The van der Waals surface area contributed by atoms with Gasteiger partial charge in [0.1, 0.15) is 17.9 Å². The highest BCUT2D eigenvalue weighted by Crippen LogP contribution is 2.28. The van der Waals surface area contributed by atoms with Gasteiger partial charge in [-0.3, -0.25) is 14.5 Å². The van der Waals surface area contributed by atoms with Crippen molar-refractivity contribution >= 4 is 17.8 Å². The minimum Gasteiger partial charge on any atom is -0.354 e. The number of nitrogens with one attached hydrogen (secondary N) is 2. The Balaban J connectivity index is 2.08. The van der Waals surface area contributed by atoms with Crippen LogP contribution in [0.1, 0.15) is 39.7 Å². The lowest BCUT2D eigenvalue weighted by molar-refractivity contribution is -0.134. The lowest BCUT2D eigenvalue weighted by atomic mass is 9.90. The summed E-state index contributed by atoms with van der Waals surface area (Å²) in [6.07, 6.45) is 0.888. The fourth-order valence-electron chi connectivity index (χ4n) is 2.48. The van der Waals surface area contributed by atoms with Crippen LogP contribution in [0.2, 0.25) is 0 Å². The molecule has 1 aliphatic heterocycles. The first kappa shape index (κ1) is 18.9. The molecule has 0 unspecified atom stereocenters. The number of imide groups is 1. The van der Waals surface area contributed by atoms with E-state index in [4.69, 9.17) is 0 Å². The van der Waals surface area contributed by atoms with Crippen molar-refractivity contribution in [3.63, 3.8) is 0 Å². The Morgan fingerprint density at radius 1 is 1.28 bits per heavy atom. The third kappa shape index (κ3) is 3.97. The van der Waals surface area contributed by atoms with E-state index in [1.165, 1.54) is 24.3 Å². The molecule has 25 heavy (non-hydrogen) atoms. The fraction of sp³-hybridized carbons (Fsp3) is 0.500. The first-order chi connectivity index (χ1) is 11.6. The van der Waals surface area contributed by atoms with Crippen LogP contribution in [0.5, 0.6) is 0 Å². The third-order valence-electron chi connectivity index (χ3n) is 4.72. The summed E-state index contributed by atoms with van der Waals surface area (Å²) in [7, 11) is 0. The average molecular weight is 349 g/mol. The van der Waals surface area contributed by atoms with Gasteiger partial charge in [-0.05, 0) is 36.5 Å². The molecule has 6 nitrogen and oxygen atoms in total. The molecule has 0 bridgehead atoms. The lowest BCUT2D eigenvalue weighted by Gasteiger charge is -2.24. The highest BCUT2D eigenvalue weighted by atomic mass is 19.1. The highest BCUT2D eigenvalue weighted by molar-refractivity contribution is 6.09. The van der Waals surface area contributed by atoms with Gasteiger partial charge in [0, 0.05) is 6.54 Å². The van der Waals surface area contributed by atoms with Gasteiger partial charge < -0.3 is 10.6 Å². The summed E-state index contributed by atoms with van der Waals surface area (Å²) in [6.45, 7) is 7.72. The Morgan fingerprint density at radius 3 is 2.44 bits per heavy atom. The standard InChI is InChI=1S/C18H24FN3O3/c1-5-17(2,3)11-20-14(23)10-22-15(24)18(4,21-16(22)25)12-6-8-13(19)9-7-12/h6-9H,5,10-11H2,1-4H3,(H,20,23)(H,21,25)/t18-/m1/s1. The van der Waals surface area contributed by atoms with Gasteiger partial charge in [-0.25, -0.2) is 9.18 Å². The van der Waals surface area contributed by atoms with E-state index in [1.807, 2.05) is 20.8 Å². The highest BCUT2D eigenvalue weighted by Gasteiger charge is 2.49. The van der Waals surface area contributed by atoms with Crippen LogP contribution >= 0.6 is 0 Å². The number of carbonyl (C=O) groups is 3. The Morgan fingerprint density at radius 2 is 1.88 bits per heavy atom. The van der Waals surface area contributed by atoms with Crippen molar-refractivity contribution in [1.82, 2.24) is 15.5 Å². The minimum absolute atomic E-state index is 0.0600. The van der Waals surface area contributed by atoms with E-state index in [-0.39, 0.29) is 12.0 Å². The van der Waals surface area contributed by atoms with Crippen LogP contribution < -0.4 is 10.6 Å². The molecular weight excluding hydrogens is 325 g/mol. The molecule has 7 heteroatoms. The number of urea groups is 1. The molecule has 0 saturated carbocycles. The second-order valence-corrected chi connectivity index (χ2v) is 7.25. The molecule has 4 amide bonds. The molecule has 1 atom stereocenters. The molecule has 1 heterocycles. The van der Waals surface area contributed by atoms with Crippen molar-refractivity contribution < 1.29 is 18.8 Å². The summed E-state index contributed by atoms with van der Waals surface area (Å²) in [5, 5.41) is 5.34. The molecule has 0 aromatic heterocycles. The van der Waals surface area contributed by atoms with E-state index in [2.05, 4.69) is 10.6 Å². The predicted molar refractivity (Wildman–Crippen MR) is 91.1 cm³/mol. The number of amides is 4. The molecule has 1 aliphatic rings. The smallest absolute Gasteiger partial charge is 0.325 e. The maximum absolute atomic E-state index is 13.1. The van der Waals surface area contributed by atoms with Gasteiger partial charge in [-0.2, -0.15) is 0 Å². The van der Waals surface area contributed by atoms with Crippen molar-refractivity contribution in [3.05, 3.63) is 35.6 Å². The Bertz CT molecular complexity index is 687. The summed E-state index contributed by atoms with van der Waals surface area (Å²) in [6, 6.07) is 4.70. The number of benzene rings is 1. The molecule has 1 aromatic rings. The summed E-state index contributed by atoms with van der Waals surface area (Å²) < 4.78 is 13.1. The largest absolute Gasteiger partial charge is 0.354 e. The molecule has 1 fully saturated rings. The topological polar surface area (TPSA) is 78.5 Å². The number of hydrogen-bond acceptors (Lipinski definition) is 3. The van der Waals surface area contributed by atoms with Crippen LogP contribution in [0.3, 0.4) is 0 Å². The van der Waals surface area contributed by atoms with Gasteiger partial charge in [-0.1, -0.05) is 32.9 Å². The van der Waals surface area contributed by atoms with Gasteiger partial charge in [-0.15, -0.1) is 0 Å². The van der Waals surface area contributed by atoms with Crippen LogP contribution in [0.25, 0.3) is 0 Å². The van der Waals surface area contributed by atoms with Crippen molar-refractivity contribution in [2.75, 3.05) is 13.1 Å². The van der Waals surface area contributed by atoms with Crippen LogP contribution in [0.4, 0.5) is 9.18 Å². The predicted octanol–water partition coefficient (Wildman–Crippen LogP) is 2.15. The summed E-state index contributed by atoms with van der Waals surface area (Å²) in [5.41, 5.74) is -0.911. The van der Waals surface area contributed by atoms with Gasteiger partial charge in [0.2, 0.25) is 5.91 Å². The van der Waals surface area contributed by atoms with Gasteiger partial charge in [0.15, 0.2) is 0 Å². The van der Waals surface area contributed by atoms with Crippen LogP contribution in [-0.2, 0) is 15.1 Å². The number of rotatable bonds is 6. The van der Waals surface area contributed by atoms with Gasteiger partial charge >= 0.3 is 6.03 Å². The molecule has 136 valence electrons. The SMILES string of the molecule is CCC(C)(C)CNC(=O)CN1C(=O)N[C@](C)(c2ccc(F)cc2)C1=O. The maximum atomic E-state index is 13.1. The fourth-order valence-corrected chi connectivity index (χ4v) is 2.48. The molecule has 0 aliphatic carbocycles. The molecule has 2 N–H and O–H groups in total. The van der Waals surface area contributed by atoms with Gasteiger partial charge in [0.25, 0.3) is 5.91 Å². The van der Waals surface area contributed by atoms with E-state index in [0.717, 1.165) is 11.3 Å². The van der Waals surface area contributed by atoms with Crippen molar-refractivity contribution in [2.24, 2.45) is 5.41 Å². The monoisotopic (exact) mass is 349 g/mol. The van der Waals surface area contributed by atoms with Gasteiger partial charge in [0.05, 0.1) is 0 Å². The number of carbonyl (C=O) groups excluding carboxylic acids is 3. The Kier molecular flexibility index (Phi) is 5.15. The third-order valence-corrected chi connectivity index (χ3v) is 4.72. The second-order valence-electron chi connectivity index (χ2n) is 7.25. The quantitative estimate of drug-likeness (QED) is 0.773. The zero-order chi connectivity index (χ0) is 18.8. The summed E-state index contributed by atoms with van der Waals surface area (Å²) >= 11 is 0. The molecule has 1 aromatic carbocycles. The van der Waals surface area contributed by atoms with Crippen LogP contribution in [-0.4, -0.2) is 35.8 Å². The number of halogens is 1. The summed E-state index contributed by atoms with van der Waals surface area (Å²) in [5.74, 6) is -1.36. The van der Waals surface area contributed by atoms with Crippen LogP contribution in [0.15, 0.2) is 24.3 Å². The Hall–Kier alpha value is -2.44. The Labute approximate surface area is 146 Å². The van der Waals surface area contributed by atoms with E-state index in [0.29, 0.717) is 12.1 Å². The molecular formula is C18H24FN3O3. The molecule has 0 spiro atoms. The molecule has 2 rings (SSSR count). The normalized spacial score (nSPS) is 20.6. The van der Waals surface area contributed by atoms with Crippen molar-refractivity contribution in [2.45, 2.75) is 39.7 Å². The summed E-state index contributed by atoms with van der Waals surface area (Å²) in [4.78, 5) is 37.9. The molecule has 1 saturated heterocycles.